The molecule has 1 rings (SSSR count). The Balaban J connectivity index is 3.14. The van der Waals surface area contributed by atoms with E-state index in [9.17, 15) is 0 Å². The van der Waals surface area contributed by atoms with Gasteiger partial charge in [0.2, 0.25) is 0 Å². The maximum atomic E-state index is 6.47. The Hall–Kier alpha value is -0.200. The Morgan fingerprint density at radius 3 is 1.48 bits per heavy atom. The standard InChI is InChI=1S/C22H44O5/c1-19(2,3)24-14-15-17(26-21(7,8)9)18(27-22(10,11)12)16(13-23-15)25-20(4,5)6/h15-18H,13-14H2,1-12H3/t15-,16+,17-,18-/m1/s1. The first-order valence-electron chi connectivity index (χ1n) is 10.2. The fraction of sp³-hybridized carbons (Fsp3) is 1.00. The molecule has 1 fully saturated rings. The predicted octanol–water partition coefficient (Wildman–Crippen LogP) is 4.75. The number of hydrogen-bond donors (Lipinski definition) is 0. The summed E-state index contributed by atoms with van der Waals surface area (Å²) in [6, 6.07) is 0. The van der Waals surface area contributed by atoms with E-state index in [0.29, 0.717) is 13.2 Å². The SMILES string of the molecule is CC(C)(C)OC[C@H]1OC[C@H](OC(C)(C)C)[C@@H](OC(C)(C)C)[C@@H]1OC(C)(C)C. The molecule has 162 valence electrons. The lowest BCUT2D eigenvalue weighted by atomic mass is 9.96. The lowest BCUT2D eigenvalue weighted by Gasteiger charge is -2.48. The summed E-state index contributed by atoms with van der Waals surface area (Å²) in [5.41, 5.74) is -1.20. The van der Waals surface area contributed by atoms with Crippen molar-refractivity contribution in [1.82, 2.24) is 0 Å². The smallest absolute Gasteiger partial charge is 0.115 e. The highest BCUT2D eigenvalue weighted by Gasteiger charge is 2.47. The van der Waals surface area contributed by atoms with Crippen molar-refractivity contribution in [2.45, 2.75) is 130 Å². The maximum absolute atomic E-state index is 6.47. The minimum atomic E-state index is -0.336. The molecular weight excluding hydrogens is 344 g/mol. The summed E-state index contributed by atoms with van der Waals surface area (Å²) in [4.78, 5) is 0. The van der Waals surface area contributed by atoms with Crippen LogP contribution in [0.3, 0.4) is 0 Å². The molecule has 5 heteroatoms. The van der Waals surface area contributed by atoms with Gasteiger partial charge in [-0.15, -0.1) is 0 Å². The summed E-state index contributed by atoms with van der Waals surface area (Å²) in [6.45, 7) is 25.5. The molecule has 1 heterocycles. The van der Waals surface area contributed by atoms with Crippen molar-refractivity contribution in [3.8, 4) is 0 Å². The van der Waals surface area contributed by atoms with E-state index in [1.54, 1.807) is 0 Å². The fourth-order valence-corrected chi connectivity index (χ4v) is 2.96. The average molecular weight is 389 g/mol. The van der Waals surface area contributed by atoms with Crippen LogP contribution in [-0.4, -0.2) is 60.0 Å². The van der Waals surface area contributed by atoms with Crippen molar-refractivity contribution in [3.63, 3.8) is 0 Å². The quantitative estimate of drug-likeness (QED) is 0.680. The van der Waals surface area contributed by atoms with Gasteiger partial charge in [-0.2, -0.15) is 0 Å². The monoisotopic (exact) mass is 388 g/mol. The summed E-state index contributed by atoms with van der Waals surface area (Å²) in [7, 11) is 0. The topological polar surface area (TPSA) is 46.2 Å². The molecule has 0 aromatic rings. The molecule has 1 aliphatic rings. The number of ether oxygens (including phenoxy) is 5. The van der Waals surface area contributed by atoms with E-state index in [-0.39, 0.29) is 46.8 Å². The van der Waals surface area contributed by atoms with E-state index in [4.69, 9.17) is 23.7 Å². The van der Waals surface area contributed by atoms with Crippen LogP contribution in [0.15, 0.2) is 0 Å². The Bertz CT molecular complexity index is 447. The minimum Gasteiger partial charge on any atom is -0.373 e. The molecule has 1 saturated heterocycles. The van der Waals surface area contributed by atoms with Crippen molar-refractivity contribution in [1.29, 1.82) is 0 Å². The summed E-state index contributed by atoms with van der Waals surface area (Å²) in [6.07, 6.45) is -0.948. The molecule has 0 spiro atoms. The van der Waals surface area contributed by atoms with Crippen LogP contribution in [0.1, 0.15) is 83.1 Å². The molecule has 0 radical (unpaired) electrons. The van der Waals surface area contributed by atoms with Gasteiger partial charge in [0, 0.05) is 0 Å². The van der Waals surface area contributed by atoms with Crippen LogP contribution < -0.4 is 0 Å². The van der Waals surface area contributed by atoms with Crippen molar-refractivity contribution in [3.05, 3.63) is 0 Å². The van der Waals surface area contributed by atoms with Crippen LogP contribution >= 0.6 is 0 Å². The molecule has 5 nitrogen and oxygen atoms in total. The van der Waals surface area contributed by atoms with Gasteiger partial charge in [0.15, 0.2) is 0 Å². The van der Waals surface area contributed by atoms with Crippen LogP contribution in [0, 0.1) is 0 Å². The highest BCUT2D eigenvalue weighted by molar-refractivity contribution is 4.94. The zero-order valence-electron chi connectivity index (χ0n) is 19.8. The summed E-state index contributed by atoms with van der Waals surface area (Å²) in [5.74, 6) is 0. The molecule has 0 unspecified atom stereocenters. The van der Waals surface area contributed by atoms with Gasteiger partial charge < -0.3 is 23.7 Å². The second-order valence-electron chi connectivity index (χ2n) is 11.5. The first-order valence-corrected chi connectivity index (χ1v) is 10.2. The van der Waals surface area contributed by atoms with Crippen molar-refractivity contribution >= 4 is 0 Å². The van der Waals surface area contributed by atoms with E-state index in [2.05, 4.69) is 62.3 Å². The molecule has 0 bridgehead atoms. The van der Waals surface area contributed by atoms with Gasteiger partial charge in [0.25, 0.3) is 0 Å². The van der Waals surface area contributed by atoms with Gasteiger partial charge in [-0.25, -0.2) is 0 Å². The summed E-state index contributed by atoms with van der Waals surface area (Å²) >= 11 is 0. The largest absolute Gasteiger partial charge is 0.373 e. The first kappa shape index (κ1) is 24.8. The Morgan fingerprint density at radius 1 is 0.630 bits per heavy atom. The van der Waals surface area contributed by atoms with E-state index in [0.717, 1.165) is 0 Å². The van der Waals surface area contributed by atoms with E-state index >= 15 is 0 Å². The van der Waals surface area contributed by atoms with Crippen LogP contribution in [0.5, 0.6) is 0 Å². The molecule has 0 N–H and O–H groups in total. The second-order valence-corrected chi connectivity index (χ2v) is 11.5. The molecule has 27 heavy (non-hydrogen) atoms. The molecule has 1 aliphatic heterocycles. The third-order valence-corrected chi connectivity index (χ3v) is 3.70. The van der Waals surface area contributed by atoms with E-state index in [1.807, 2.05) is 20.8 Å². The molecule has 0 aliphatic carbocycles. The van der Waals surface area contributed by atoms with Crippen LogP contribution in [0.4, 0.5) is 0 Å². The molecule has 0 saturated carbocycles. The molecule has 0 aromatic heterocycles. The molecular formula is C22H44O5. The zero-order valence-corrected chi connectivity index (χ0v) is 19.8. The third-order valence-electron chi connectivity index (χ3n) is 3.70. The second kappa shape index (κ2) is 8.66. The highest BCUT2D eigenvalue weighted by Crippen LogP contribution is 2.32. The van der Waals surface area contributed by atoms with Gasteiger partial charge in [-0.05, 0) is 83.1 Å². The van der Waals surface area contributed by atoms with Gasteiger partial charge in [-0.1, -0.05) is 0 Å². The molecule has 0 amide bonds. The minimum absolute atomic E-state index is 0.206. The normalized spacial score (nSPS) is 28.4. The Morgan fingerprint density at radius 2 is 1.07 bits per heavy atom. The first-order chi connectivity index (χ1) is 11.9. The molecule has 0 aromatic carbocycles. The van der Waals surface area contributed by atoms with Crippen LogP contribution in [0.25, 0.3) is 0 Å². The van der Waals surface area contributed by atoms with E-state index in [1.165, 1.54) is 0 Å². The van der Waals surface area contributed by atoms with Gasteiger partial charge >= 0.3 is 0 Å². The van der Waals surface area contributed by atoms with Crippen molar-refractivity contribution < 1.29 is 23.7 Å². The lowest BCUT2D eigenvalue weighted by molar-refractivity contribution is -0.288. The van der Waals surface area contributed by atoms with Crippen molar-refractivity contribution in [2.24, 2.45) is 0 Å². The summed E-state index contributed by atoms with van der Waals surface area (Å²) in [5, 5.41) is 0. The van der Waals surface area contributed by atoms with Crippen LogP contribution in [-0.2, 0) is 23.7 Å². The lowest BCUT2D eigenvalue weighted by Crippen LogP contribution is -2.61. The Labute approximate surface area is 167 Å². The predicted molar refractivity (Wildman–Crippen MR) is 109 cm³/mol. The number of hydrogen-bond acceptors (Lipinski definition) is 5. The Kier molecular flexibility index (Phi) is 7.97. The van der Waals surface area contributed by atoms with E-state index < -0.39 is 0 Å². The van der Waals surface area contributed by atoms with Gasteiger partial charge in [0.1, 0.15) is 24.4 Å². The third kappa shape index (κ3) is 10.2. The zero-order chi connectivity index (χ0) is 21.3. The van der Waals surface area contributed by atoms with Gasteiger partial charge in [0.05, 0.1) is 35.6 Å². The fourth-order valence-electron chi connectivity index (χ4n) is 2.96. The molecule has 4 atom stereocenters. The van der Waals surface area contributed by atoms with Crippen molar-refractivity contribution in [2.75, 3.05) is 13.2 Å². The summed E-state index contributed by atoms with van der Waals surface area (Å²) < 4.78 is 31.4. The average Bonchev–Trinajstić information content (AvgIpc) is 2.36. The number of rotatable bonds is 5. The maximum Gasteiger partial charge on any atom is 0.115 e. The highest BCUT2D eigenvalue weighted by atomic mass is 16.6. The van der Waals surface area contributed by atoms with Crippen LogP contribution in [0.2, 0.25) is 0 Å². The van der Waals surface area contributed by atoms with Gasteiger partial charge in [-0.3, -0.25) is 0 Å².